The molecular formula is C13H14N+. The van der Waals surface area contributed by atoms with Gasteiger partial charge in [0.25, 0.3) is 0 Å². The highest BCUT2D eigenvalue weighted by molar-refractivity contribution is 5.74. The fourth-order valence-electron chi connectivity index (χ4n) is 1.60. The summed E-state index contributed by atoms with van der Waals surface area (Å²) in [5.74, 6) is 0. The van der Waals surface area contributed by atoms with E-state index < -0.39 is 0 Å². The molecule has 0 aliphatic carbocycles. The largest absolute Gasteiger partial charge is 0.212 e. The van der Waals surface area contributed by atoms with E-state index in [1.807, 2.05) is 6.92 Å². The monoisotopic (exact) mass is 184 g/mol. The number of hydrogen-bond donors (Lipinski definition) is 0. The molecule has 1 heterocycles. The zero-order valence-corrected chi connectivity index (χ0v) is 8.35. The second-order valence-electron chi connectivity index (χ2n) is 3.29. The first-order valence-corrected chi connectivity index (χ1v) is 4.90. The molecule has 1 aromatic heterocycles. The number of allylic oxidation sites excluding steroid dienone is 2. The first-order valence-electron chi connectivity index (χ1n) is 4.90. The highest BCUT2D eigenvalue weighted by atomic mass is 14.9. The molecule has 0 aliphatic rings. The van der Waals surface area contributed by atoms with Gasteiger partial charge in [0.15, 0.2) is 12.7 Å². The summed E-state index contributed by atoms with van der Waals surface area (Å²) in [6, 6.07) is 12.7. The molecule has 0 N–H and O–H groups in total. The van der Waals surface area contributed by atoms with Crippen LogP contribution in [0.25, 0.3) is 10.9 Å². The molecule has 2 aromatic rings. The Balaban J connectivity index is 2.53. The van der Waals surface area contributed by atoms with Crippen LogP contribution < -0.4 is 4.57 Å². The van der Waals surface area contributed by atoms with Crippen LogP contribution in [0.4, 0.5) is 0 Å². The molecule has 0 saturated heterocycles. The highest BCUT2D eigenvalue weighted by Gasteiger charge is 2.03. The molecule has 0 saturated carbocycles. The molecule has 1 heteroatoms. The van der Waals surface area contributed by atoms with Gasteiger partial charge in [-0.25, -0.2) is 0 Å². The van der Waals surface area contributed by atoms with E-state index in [9.17, 15) is 0 Å². The van der Waals surface area contributed by atoms with Gasteiger partial charge in [-0.05, 0) is 25.1 Å². The van der Waals surface area contributed by atoms with Gasteiger partial charge in [-0.15, -0.1) is 0 Å². The molecule has 2 rings (SSSR count). The number of pyridine rings is 1. The first kappa shape index (κ1) is 8.95. The lowest BCUT2D eigenvalue weighted by molar-refractivity contribution is -0.661. The fraction of sp³-hybridized carbons (Fsp3) is 0.154. The number of hydrogen-bond acceptors (Lipinski definition) is 0. The molecule has 1 nitrogen and oxygen atoms in total. The van der Waals surface area contributed by atoms with Gasteiger partial charge in [-0.2, -0.15) is 4.57 Å². The zero-order chi connectivity index (χ0) is 9.80. The van der Waals surface area contributed by atoms with Gasteiger partial charge in [0, 0.05) is 17.5 Å². The predicted molar refractivity (Wildman–Crippen MR) is 59.0 cm³/mol. The summed E-state index contributed by atoms with van der Waals surface area (Å²) in [5, 5.41) is 1.29. The topological polar surface area (TPSA) is 3.88 Å². The van der Waals surface area contributed by atoms with Crippen LogP contribution in [0.1, 0.15) is 6.92 Å². The zero-order valence-electron chi connectivity index (χ0n) is 8.35. The number of benzene rings is 1. The number of nitrogens with zero attached hydrogens (tertiary/aromatic N) is 1. The van der Waals surface area contributed by atoms with Crippen LogP contribution in [-0.2, 0) is 6.54 Å². The van der Waals surface area contributed by atoms with Crippen molar-refractivity contribution in [3.63, 3.8) is 0 Å². The lowest BCUT2D eigenvalue weighted by atomic mass is 10.2. The Morgan fingerprint density at radius 2 is 1.93 bits per heavy atom. The van der Waals surface area contributed by atoms with Crippen molar-refractivity contribution in [2.24, 2.45) is 0 Å². The summed E-state index contributed by atoms with van der Waals surface area (Å²) < 4.78 is 2.25. The number of rotatable bonds is 2. The van der Waals surface area contributed by atoms with Crippen LogP contribution in [0.2, 0.25) is 0 Å². The molecule has 14 heavy (non-hydrogen) atoms. The Morgan fingerprint density at radius 3 is 2.79 bits per heavy atom. The van der Waals surface area contributed by atoms with E-state index in [0.717, 1.165) is 6.54 Å². The Labute approximate surface area is 84.3 Å². The lowest BCUT2D eigenvalue weighted by Gasteiger charge is -1.97. The standard InChI is InChI=1S/C13H14N/c1-2-3-10-14-11-6-8-12-7-4-5-9-13(12)14/h2-9,11H,10H2,1H3/q+1/b3-2+. The van der Waals surface area contributed by atoms with Gasteiger partial charge in [0.05, 0.1) is 0 Å². The van der Waals surface area contributed by atoms with E-state index in [1.54, 1.807) is 0 Å². The Morgan fingerprint density at radius 1 is 1.14 bits per heavy atom. The van der Waals surface area contributed by atoms with Crippen LogP contribution in [0, 0.1) is 0 Å². The molecule has 0 bridgehead atoms. The van der Waals surface area contributed by atoms with Crippen molar-refractivity contribution in [3.05, 3.63) is 54.7 Å². The molecule has 0 atom stereocenters. The highest BCUT2D eigenvalue weighted by Crippen LogP contribution is 2.07. The van der Waals surface area contributed by atoms with Crippen LogP contribution in [-0.4, -0.2) is 0 Å². The predicted octanol–water partition coefficient (Wildman–Crippen LogP) is 2.70. The summed E-state index contributed by atoms with van der Waals surface area (Å²) in [6.07, 6.45) is 6.35. The van der Waals surface area contributed by atoms with E-state index in [4.69, 9.17) is 0 Å². The third-order valence-electron chi connectivity index (χ3n) is 2.33. The van der Waals surface area contributed by atoms with Crippen LogP contribution in [0.3, 0.4) is 0 Å². The van der Waals surface area contributed by atoms with E-state index in [2.05, 4.69) is 59.3 Å². The molecule has 0 radical (unpaired) electrons. The van der Waals surface area contributed by atoms with Crippen molar-refractivity contribution < 1.29 is 4.57 Å². The maximum atomic E-state index is 2.25. The Bertz CT molecular complexity index is 452. The minimum atomic E-state index is 0.942. The SMILES string of the molecule is C/C=C/C[n+]1cccc2ccccc21. The summed E-state index contributed by atoms with van der Waals surface area (Å²) in [6.45, 7) is 2.99. The Kier molecular flexibility index (Phi) is 2.59. The van der Waals surface area contributed by atoms with Crippen molar-refractivity contribution in [2.45, 2.75) is 13.5 Å². The molecule has 0 aliphatic heterocycles. The quantitative estimate of drug-likeness (QED) is 0.499. The van der Waals surface area contributed by atoms with E-state index in [1.165, 1.54) is 10.9 Å². The van der Waals surface area contributed by atoms with Gasteiger partial charge in [-0.3, -0.25) is 0 Å². The summed E-state index contributed by atoms with van der Waals surface area (Å²) in [7, 11) is 0. The molecule has 70 valence electrons. The smallest absolute Gasteiger partial charge is 0.195 e. The minimum Gasteiger partial charge on any atom is -0.195 e. The average molecular weight is 184 g/mol. The van der Waals surface area contributed by atoms with E-state index in [0.29, 0.717) is 0 Å². The average Bonchev–Trinajstić information content (AvgIpc) is 2.26. The molecular weight excluding hydrogens is 170 g/mol. The van der Waals surface area contributed by atoms with Crippen molar-refractivity contribution in [2.75, 3.05) is 0 Å². The number of aromatic nitrogens is 1. The summed E-state index contributed by atoms with van der Waals surface area (Å²) >= 11 is 0. The van der Waals surface area contributed by atoms with Crippen LogP contribution >= 0.6 is 0 Å². The molecule has 0 unspecified atom stereocenters. The normalized spacial score (nSPS) is 11.2. The second-order valence-corrected chi connectivity index (χ2v) is 3.29. The number of para-hydroxylation sites is 1. The molecule has 0 amide bonds. The van der Waals surface area contributed by atoms with Gasteiger partial charge in [0.1, 0.15) is 0 Å². The van der Waals surface area contributed by atoms with Crippen LogP contribution in [0.5, 0.6) is 0 Å². The van der Waals surface area contributed by atoms with E-state index >= 15 is 0 Å². The minimum absolute atomic E-state index is 0.942. The van der Waals surface area contributed by atoms with Gasteiger partial charge in [0.2, 0.25) is 5.52 Å². The van der Waals surface area contributed by atoms with Gasteiger partial charge in [-0.1, -0.05) is 18.2 Å². The number of fused-ring (bicyclic) bond motifs is 1. The van der Waals surface area contributed by atoms with E-state index in [-0.39, 0.29) is 0 Å². The lowest BCUT2D eigenvalue weighted by Crippen LogP contribution is -2.32. The molecule has 1 aromatic carbocycles. The third-order valence-corrected chi connectivity index (χ3v) is 2.33. The third kappa shape index (κ3) is 1.67. The van der Waals surface area contributed by atoms with Crippen molar-refractivity contribution in [1.82, 2.24) is 0 Å². The Hall–Kier alpha value is -1.63. The fourth-order valence-corrected chi connectivity index (χ4v) is 1.60. The van der Waals surface area contributed by atoms with Gasteiger partial charge < -0.3 is 0 Å². The maximum absolute atomic E-state index is 2.25. The van der Waals surface area contributed by atoms with Gasteiger partial charge >= 0.3 is 0 Å². The van der Waals surface area contributed by atoms with Crippen molar-refractivity contribution in [3.8, 4) is 0 Å². The summed E-state index contributed by atoms with van der Waals surface area (Å²) in [5.41, 5.74) is 1.29. The summed E-state index contributed by atoms with van der Waals surface area (Å²) in [4.78, 5) is 0. The van der Waals surface area contributed by atoms with Crippen molar-refractivity contribution >= 4 is 10.9 Å². The molecule has 0 spiro atoms. The first-order chi connectivity index (χ1) is 6.92. The second kappa shape index (κ2) is 4.05. The van der Waals surface area contributed by atoms with Crippen LogP contribution in [0.15, 0.2) is 54.7 Å². The maximum Gasteiger partial charge on any atom is 0.212 e. The molecule has 0 fully saturated rings. The van der Waals surface area contributed by atoms with Crippen molar-refractivity contribution in [1.29, 1.82) is 0 Å².